The van der Waals surface area contributed by atoms with Gasteiger partial charge in [-0.2, -0.15) is 0 Å². The summed E-state index contributed by atoms with van der Waals surface area (Å²) in [6.07, 6.45) is 1.69. The average Bonchev–Trinajstić information content (AvgIpc) is 2.36. The van der Waals surface area contributed by atoms with E-state index in [1.165, 1.54) is 21.2 Å². The minimum atomic E-state index is -0.439. The maximum atomic E-state index is 12.1. The molecule has 0 spiro atoms. The molecule has 1 aromatic carbocycles. The van der Waals surface area contributed by atoms with E-state index in [-0.39, 0.29) is 6.09 Å². The molecule has 1 heterocycles. The Bertz CT molecular complexity index is 520. The predicted octanol–water partition coefficient (Wildman–Crippen LogP) is 4.30. The van der Waals surface area contributed by atoms with Crippen molar-refractivity contribution < 1.29 is 9.53 Å². The molecule has 110 valence electrons. The van der Waals surface area contributed by atoms with Gasteiger partial charge in [-0.3, -0.25) is 0 Å². The molecular weight excluding hydrogens is 318 g/mol. The third kappa shape index (κ3) is 3.35. The Morgan fingerprint density at radius 1 is 1.40 bits per heavy atom. The van der Waals surface area contributed by atoms with Crippen LogP contribution in [0, 0.1) is 0 Å². The van der Waals surface area contributed by atoms with E-state index in [4.69, 9.17) is 4.74 Å². The van der Waals surface area contributed by atoms with Crippen LogP contribution in [0.5, 0.6) is 0 Å². The van der Waals surface area contributed by atoms with E-state index in [2.05, 4.69) is 35.0 Å². The zero-order chi connectivity index (χ0) is 14.9. The van der Waals surface area contributed by atoms with Gasteiger partial charge in [0.2, 0.25) is 0 Å². The number of carbonyl (C=O) groups excluding carboxylic acids is 1. The fourth-order valence-corrected chi connectivity index (χ4v) is 3.22. The zero-order valence-corrected chi connectivity index (χ0v) is 14.2. The van der Waals surface area contributed by atoms with Gasteiger partial charge in [0.25, 0.3) is 0 Å². The van der Waals surface area contributed by atoms with Crippen LogP contribution in [0.15, 0.2) is 16.6 Å². The Morgan fingerprint density at radius 2 is 2.10 bits per heavy atom. The molecule has 0 N–H and O–H groups in total. The first-order chi connectivity index (χ1) is 9.31. The van der Waals surface area contributed by atoms with Crippen LogP contribution in [0.1, 0.15) is 44.4 Å². The van der Waals surface area contributed by atoms with E-state index >= 15 is 0 Å². The van der Waals surface area contributed by atoms with Crippen LogP contribution in [-0.4, -0.2) is 23.1 Å². The summed E-state index contributed by atoms with van der Waals surface area (Å²) in [5.41, 5.74) is 3.56. The highest BCUT2D eigenvalue weighted by Gasteiger charge is 2.26. The fraction of sp³-hybridized carbons (Fsp3) is 0.562. The molecule has 0 fully saturated rings. The molecule has 3 nitrogen and oxygen atoms in total. The summed E-state index contributed by atoms with van der Waals surface area (Å²) >= 11 is 3.61. The average molecular weight is 340 g/mol. The molecule has 2 rings (SSSR count). The quantitative estimate of drug-likeness (QED) is 0.763. The standard InChI is InChI=1S/C16H22BrNO2/c1-5-12-13-8-9-18(15(19)20-16(2,3)4)10-11(13)6-7-14(12)17/h6-7H,5,8-10H2,1-4H3. The Morgan fingerprint density at radius 3 is 2.70 bits per heavy atom. The summed E-state index contributed by atoms with van der Waals surface area (Å²) in [5, 5.41) is 0. The lowest BCUT2D eigenvalue weighted by atomic mass is 9.93. The number of hydrogen-bond donors (Lipinski definition) is 0. The highest BCUT2D eigenvalue weighted by Crippen LogP contribution is 2.29. The number of hydrogen-bond acceptors (Lipinski definition) is 2. The lowest BCUT2D eigenvalue weighted by Gasteiger charge is -2.32. The molecule has 0 radical (unpaired) electrons. The van der Waals surface area contributed by atoms with Crippen LogP contribution in [0.3, 0.4) is 0 Å². The molecule has 0 unspecified atom stereocenters. The number of fused-ring (bicyclic) bond motifs is 1. The topological polar surface area (TPSA) is 29.5 Å². The van der Waals surface area contributed by atoms with E-state index in [9.17, 15) is 4.79 Å². The van der Waals surface area contributed by atoms with Crippen LogP contribution >= 0.6 is 15.9 Å². The predicted molar refractivity (Wildman–Crippen MR) is 83.9 cm³/mol. The number of nitrogens with zero attached hydrogens (tertiary/aromatic N) is 1. The van der Waals surface area contributed by atoms with Crippen molar-refractivity contribution in [2.75, 3.05) is 6.54 Å². The first-order valence-electron chi connectivity index (χ1n) is 7.09. The molecule has 0 saturated carbocycles. The van der Waals surface area contributed by atoms with Crippen LogP contribution in [0.2, 0.25) is 0 Å². The van der Waals surface area contributed by atoms with E-state index in [1.54, 1.807) is 4.90 Å². The van der Waals surface area contributed by atoms with E-state index in [0.29, 0.717) is 6.54 Å². The molecule has 0 atom stereocenters. The lowest BCUT2D eigenvalue weighted by Crippen LogP contribution is -2.40. The van der Waals surface area contributed by atoms with Gasteiger partial charge in [-0.25, -0.2) is 4.79 Å². The third-order valence-corrected chi connectivity index (χ3v) is 4.21. The molecule has 0 aromatic heterocycles. The first-order valence-corrected chi connectivity index (χ1v) is 7.88. The molecule has 20 heavy (non-hydrogen) atoms. The van der Waals surface area contributed by atoms with Gasteiger partial charge in [-0.1, -0.05) is 28.9 Å². The molecule has 1 aliphatic heterocycles. The van der Waals surface area contributed by atoms with Crippen molar-refractivity contribution >= 4 is 22.0 Å². The van der Waals surface area contributed by atoms with Gasteiger partial charge in [-0.15, -0.1) is 0 Å². The monoisotopic (exact) mass is 339 g/mol. The Hall–Kier alpha value is -1.03. The number of ether oxygens (including phenoxy) is 1. The Balaban J connectivity index is 2.18. The molecule has 4 heteroatoms. The number of rotatable bonds is 1. The van der Waals surface area contributed by atoms with Gasteiger partial charge in [0, 0.05) is 17.6 Å². The van der Waals surface area contributed by atoms with Crippen molar-refractivity contribution in [3.05, 3.63) is 33.3 Å². The van der Waals surface area contributed by atoms with Crippen molar-refractivity contribution in [1.82, 2.24) is 4.90 Å². The van der Waals surface area contributed by atoms with Gasteiger partial charge >= 0.3 is 6.09 Å². The molecule has 0 saturated heterocycles. The molecule has 0 bridgehead atoms. The smallest absolute Gasteiger partial charge is 0.410 e. The van der Waals surface area contributed by atoms with E-state index in [0.717, 1.165) is 19.4 Å². The summed E-state index contributed by atoms with van der Waals surface area (Å²) in [4.78, 5) is 13.9. The normalized spacial score (nSPS) is 14.9. The SMILES string of the molecule is CCc1c(Br)ccc2c1CCN(C(=O)OC(C)(C)C)C2. The Kier molecular flexibility index (Phi) is 4.43. The van der Waals surface area contributed by atoms with Gasteiger partial charge in [0.05, 0.1) is 0 Å². The molecule has 0 aliphatic carbocycles. The summed E-state index contributed by atoms with van der Waals surface area (Å²) in [7, 11) is 0. The number of amides is 1. The summed E-state index contributed by atoms with van der Waals surface area (Å²) < 4.78 is 6.62. The van der Waals surface area contributed by atoms with Gasteiger partial charge < -0.3 is 9.64 Å². The minimum absolute atomic E-state index is 0.218. The second kappa shape index (κ2) is 5.76. The summed E-state index contributed by atoms with van der Waals surface area (Å²) in [5.74, 6) is 0. The molecule has 1 aliphatic rings. The van der Waals surface area contributed by atoms with Crippen molar-refractivity contribution in [2.24, 2.45) is 0 Å². The van der Waals surface area contributed by atoms with E-state index < -0.39 is 5.60 Å². The minimum Gasteiger partial charge on any atom is -0.444 e. The van der Waals surface area contributed by atoms with Crippen LogP contribution < -0.4 is 0 Å². The largest absolute Gasteiger partial charge is 0.444 e. The second-order valence-electron chi connectivity index (χ2n) is 6.17. The van der Waals surface area contributed by atoms with Gasteiger partial charge in [-0.05, 0) is 56.4 Å². The summed E-state index contributed by atoms with van der Waals surface area (Å²) in [6, 6.07) is 4.19. The molecular formula is C16H22BrNO2. The zero-order valence-electron chi connectivity index (χ0n) is 12.6. The first kappa shape index (κ1) is 15.4. The molecule has 1 amide bonds. The van der Waals surface area contributed by atoms with Crippen LogP contribution in [0.25, 0.3) is 0 Å². The van der Waals surface area contributed by atoms with Crippen molar-refractivity contribution in [3.63, 3.8) is 0 Å². The maximum Gasteiger partial charge on any atom is 0.410 e. The van der Waals surface area contributed by atoms with Crippen LogP contribution in [0.4, 0.5) is 4.79 Å². The maximum absolute atomic E-state index is 12.1. The van der Waals surface area contributed by atoms with Crippen molar-refractivity contribution in [2.45, 2.75) is 52.7 Å². The second-order valence-corrected chi connectivity index (χ2v) is 7.02. The van der Waals surface area contributed by atoms with Gasteiger partial charge in [0.1, 0.15) is 5.60 Å². The number of benzene rings is 1. The lowest BCUT2D eigenvalue weighted by molar-refractivity contribution is 0.0223. The van der Waals surface area contributed by atoms with Crippen LogP contribution in [-0.2, 0) is 24.1 Å². The van der Waals surface area contributed by atoms with Gasteiger partial charge in [0.15, 0.2) is 0 Å². The highest BCUT2D eigenvalue weighted by molar-refractivity contribution is 9.10. The summed E-state index contributed by atoms with van der Waals surface area (Å²) in [6.45, 7) is 9.23. The number of carbonyl (C=O) groups is 1. The van der Waals surface area contributed by atoms with Crippen molar-refractivity contribution in [3.8, 4) is 0 Å². The van der Waals surface area contributed by atoms with Crippen molar-refractivity contribution in [1.29, 1.82) is 0 Å². The van der Waals surface area contributed by atoms with E-state index in [1.807, 2.05) is 20.8 Å². The molecule has 1 aromatic rings. The third-order valence-electron chi connectivity index (χ3n) is 3.47. The number of halogens is 1. The fourth-order valence-electron chi connectivity index (χ4n) is 2.57. The Labute approximate surface area is 129 Å². The highest BCUT2D eigenvalue weighted by atomic mass is 79.9.